The Morgan fingerprint density at radius 1 is 1.25 bits per heavy atom. The molecule has 3 aliphatic rings. The fourth-order valence-electron chi connectivity index (χ4n) is 2.85. The van der Waals surface area contributed by atoms with Gasteiger partial charge in [0, 0.05) is 6.61 Å². The van der Waals surface area contributed by atoms with Gasteiger partial charge in [0.2, 0.25) is 5.91 Å². The summed E-state index contributed by atoms with van der Waals surface area (Å²) in [5.41, 5.74) is 0. The van der Waals surface area contributed by atoms with E-state index in [4.69, 9.17) is 4.74 Å². The first-order valence-electron chi connectivity index (χ1n) is 6.50. The molecule has 90 valence electrons. The summed E-state index contributed by atoms with van der Waals surface area (Å²) in [5.74, 6) is 0.892. The normalized spacial score (nSPS) is 38.9. The van der Waals surface area contributed by atoms with Gasteiger partial charge in [0.25, 0.3) is 0 Å². The van der Waals surface area contributed by atoms with Crippen molar-refractivity contribution in [2.24, 2.45) is 5.92 Å². The summed E-state index contributed by atoms with van der Waals surface area (Å²) in [6.45, 7) is 1.79. The lowest BCUT2D eigenvalue weighted by Gasteiger charge is -2.21. The molecule has 2 heterocycles. The smallest absolute Gasteiger partial charge is 0.237 e. The largest absolute Gasteiger partial charge is 0.376 e. The fourth-order valence-corrected chi connectivity index (χ4v) is 2.85. The predicted molar refractivity (Wildman–Crippen MR) is 60.0 cm³/mol. The van der Waals surface area contributed by atoms with Crippen molar-refractivity contribution in [3.63, 3.8) is 0 Å². The molecule has 0 spiro atoms. The van der Waals surface area contributed by atoms with E-state index in [-0.39, 0.29) is 18.0 Å². The summed E-state index contributed by atoms with van der Waals surface area (Å²) in [5, 5.41) is 6.40. The molecular formula is C12H20N2O2. The van der Waals surface area contributed by atoms with E-state index in [1.54, 1.807) is 0 Å². The molecular weight excluding hydrogens is 204 g/mol. The van der Waals surface area contributed by atoms with Crippen molar-refractivity contribution in [1.82, 2.24) is 10.6 Å². The van der Waals surface area contributed by atoms with Gasteiger partial charge in [0.15, 0.2) is 0 Å². The second kappa shape index (κ2) is 4.34. The van der Waals surface area contributed by atoms with Crippen LogP contribution in [0.25, 0.3) is 0 Å². The number of carbonyl (C=O) groups is 1. The lowest BCUT2D eigenvalue weighted by Crippen LogP contribution is -2.48. The highest BCUT2D eigenvalue weighted by Crippen LogP contribution is 2.38. The Kier molecular flexibility index (Phi) is 2.86. The number of hydrogen-bond acceptors (Lipinski definition) is 3. The lowest BCUT2D eigenvalue weighted by atomic mass is 10.1. The molecule has 0 aromatic heterocycles. The monoisotopic (exact) mass is 224 g/mol. The van der Waals surface area contributed by atoms with Crippen LogP contribution < -0.4 is 10.6 Å². The Labute approximate surface area is 96.1 Å². The van der Waals surface area contributed by atoms with Crippen molar-refractivity contribution >= 4 is 5.91 Å². The van der Waals surface area contributed by atoms with Crippen LogP contribution in [-0.2, 0) is 9.53 Å². The van der Waals surface area contributed by atoms with Gasteiger partial charge in [-0.05, 0) is 44.6 Å². The summed E-state index contributed by atoms with van der Waals surface area (Å²) in [4.78, 5) is 12.0. The molecule has 16 heavy (non-hydrogen) atoms. The zero-order valence-electron chi connectivity index (χ0n) is 9.58. The quantitative estimate of drug-likeness (QED) is 0.730. The minimum absolute atomic E-state index is 0.0421. The van der Waals surface area contributed by atoms with Crippen LogP contribution in [0, 0.1) is 5.92 Å². The van der Waals surface area contributed by atoms with Gasteiger partial charge in [0.05, 0.1) is 18.2 Å². The number of carbonyl (C=O) groups excluding carboxylic acids is 1. The maximum absolute atomic E-state index is 12.0. The predicted octanol–water partition coefficient (Wildman–Crippen LogP) is 0.422. The van der Waals surface area contributed by atoms with E-state index in [2.05, 4.69) is 10.6 Å². The molecule has 4 nitrogen and oxygen atoms in total. The molecule has 3 rings (SSSR count). The maximum atomic E-state index is 12.0. The SMILES string of the molecule is O=C(NC1CCOC1C1CC1)[C@@H]1CCCN1. The molecule has 4 heteroatoms. The van der Waals surface area contributed by atoms with Gasteiger partial charge in [-0.1, -0.05) is 0 Å². The van der Waals surface area contributed by atoms with Gasteiger partial charge in [-0.25, -0.2) is 0 Å². The van der Waals surface area contributed by atoms with Crippen LogP contribution >= 0.6 is 0 Å². The van der Waals surface area contributed by atoms with Crippen LogP contribution in [0.5, 0.6) is 0 Å². The first-order chi connectivity index (χ1) is 7.84. The molecule has 0 aromatic carbocycles. The van der Waals surface area contributed by atoms with E-state index in [9.17, 15) is 4.79 Å². The first-order valence-corrected chi connectivity index (χ1v) is 6.50. The van der Waals surface area contributed by atoms with Crippen LogP contribution in [0.4, 0.5) is 0 Å². The van der Waals surface area contributed by atoms with E-state index in [0.717, 1.165) is 32.4 Å². The van der Waals surface area contributed by atoms with Gasteiger partial charge in [-0.15, -0.1) is 0 Å². The van der Waals surface area contributed by atoms with Gasteiger partial charge >= 0.3 is 0 Å². The summed E-state index contributed by atoms with van der Waals surface area (Å²) in [7, 11) is 0. The molecule has 1 amide bonds. The highest BCUT2D eigenvalue weighted by atomic mass is 16.5. The average molecular weight is 224 g/mol. The van der Waals surface area contributed by atoms with Crippen LogP contribution in [0.3, 0.4) is 0 Å². The average Bonchev–Trinajstić information content (AvgIpc) is 2.83. The molecule has 3 fully saturated rings. The summed E-state index contributed by atoms with van der Waals surface area (Å²) >= 11 is 0. The topological polar surface area (TPSA) is 50.4 Å². The lowest BCUT2D eigenvalue weighted by molar-refractivity contribution is -0.124. The number of hydrogen-bond donors (Lipinski definition) is 2. The van der Waals surface area contributed by atoms with E-state index < -0.39 is 0 Å². The standard InChI is InChI=1S/C12H20N2O2/c15-12(10-2-1-6-13-10)14-9-5-7-16-11(9)8-3-4-8/h8-11,13H,1-7H2,(H,14,15)/t9?,10-,11?/m0/s1. The Balaban J connectivity index is 1.54. The minimum atomic E-state index is 0.0421. The van der Waals surface area contributed by atoms with Crippen molar-refractivity contribution in [2.75, 3.05) is 13.2 Å². The van der Waals surface area contributed by atoms with Crippen LogP contribution in [0.15, 0.2) is 0 Å². The molecule has 1 aliphatic carbocycles. The molecule has 2 N–H and O–H groups in total. The third-order valence-corrected chi connectivity index (χ3v) is 3.93. The molecule has 2 saturated heterocycles. The third kappa shape index (κ3) is 2.09. The third-order valence-electron chi connectivity index (χ3n) is 3.93. The molecule has 3 atom stereocenters. The minimum Gasteiger partial charge on any atom is -0.376 e. The molecule has 2 unspecified atom stereocenters. The molecule has 0 radical (unpaired) electrons. The van der Waals surface area contributed by atoms with Gasteiger partial charge < -0.3 is 15.4 Å². The van der Waals surface area contributed by atoms with E-state index in [1.807, 2.05) is 0 Å². The van der Waals surface area contributed by atoms with Crippen LogP contribution in [-0.4, -0.2) is 37.2 Å². The first kappa shape index (κ1) is 10.5. The van der Waals surface area contributed by atoms with Crippen molar-refractivity contribution in [2.45, 2.75) is 50.3 Å². The van der Waals surface area contributed by atoms with E-state index in [0.29, 0.717) is 12.0 Å². The van der Waals surface area contributed by atoms with Crippen LogP contribution in [0.2, 0.25) is 0 Å². The van der Waals surface area contributed by atoms with Crippen molar-refractivity contribution < 1.29 is 9.53 Å². The fraction of sp³-hybridized carbons (Fsp3) is 0.917. The zero-order chi connectivity index (χ0) is 11.0. The Morgan fingerprint density at radius 3 is 2.81 bits per heavy atom. The maximum Gasteiger partial charge on any atom is 0.237 e. The van der Waals surface area contributed by atoms with Gasteiger partial charge in [-0.3, -0.25) is 4.79 Å². The van der Waals surface area contributed by atoms with E-state index in [1.165, 1.54) is 12.8 Å². The summed E-state index contributed by atoms with van der Waals surface area (Å²) < 4.78 is 5.72. The Morgan fingerprint density at radius 2 is 2.12 bits per heavy atom. The molecule has 1 saturated carbocycles. The highest BCUT2D eigenvalue weighted by Gasteiger charge is 2.41. The number of rotatable bonds is 3. The summed E-state index contributed by atoms with van der Waals surface area (Å²) in [6, 6.07) is 0.308. The molecule has 0 aromatic rings. The number of ether oxygens (including phenoxy) is 1. The van der Waals surface area contributed by atoms with Crippen molar-refractivity contribution in [3.8, 4) is 0 Å². The van der Waals surface area contributed by atoms with Crippen molar-refractivity contribution in [1.29, 1.82) is 0 Å². The molecule has 0 bridgehead atoms. The number of nitrogens with one attached hydrogen (secondary N) is 2. The van der Waals surface area contributed by atoms with Crippen molar-refractivity contribution in [3.05, 3.63) is 0 Å². The van der Waals surface area contributed by atoms with Gasteiger partial charge in [0.1, 0.15) is 0 Å². The second-order valence-electron chi connectivity index (χ2n) is 5.23. The number of amides is 1. The summed E-state index contributed by atoms with van der Waals surface area (Å²) in [6.07, 6.45) is 5.93. The highest BCUT2D eigenvalue weighted by molar-refractivity contribution is 5.82. The Bertz CT molecular complexity index is 272. The molecule has 2 aliphatic heterocycles. The van der Waals surface area contributed by atoms with Crippen LogP contribution in [0.1, 0.15) is 32.1 Å². The second-order valence-corrected chi connectivity index (χ2v) is 5.23. The van der Waals surface area contributed by atoms with Gasteiger partial charge in [-0.2, -0.15) is 0 Å². The van der Waals surface area contributed by atoms with E-state index >= 15 is 0 Å². The Hall–Kier alpha value is -0.610. The zero-order valence-corrected chi connectivity index (χ0v) is 9.58.